The van der Waals surface area contributed by atoms with Crippen molar-refractivity contribution in [3.63, 3.8) is 0 Å². The summed E-state index contributed by atoms with van der Waals surface area (Å²) in [6.45, 7) is 1.46. The van der Waals surface area contributed by atoms with Crippen molar-refractivity contribution in [2.45, 2.75) is 31.4 Å². The van der Waals surface area contributed by atoms with E-state index in [9.17, 15) is 4.79 Å². The minimum Gasteiger partial charge on any atom is -0.378 e. The van der Waals surface area contributed by atoms with E-state index in [0.717, 1.165) is 42.5 Å². The number of carbonyl (C=O) groups excluding carboxylic acids is 1. The van der Waals surface area contributed by atoms with Gasteiger partial charge in [-0.2, -0.15) is 0 Å². The van der Waals surface area contributed by atoms with Crippen LogP contribution < -0.4 is 5.32 Å². The molecule has 0 radical (unpaired) electrons. The number of nitrogens with one attached hydrogen (secondary N) is 1. The number of para-hydroxylation sites is 2. The van der Waals surface area contributed by atoms with Crippen LogP contribution in [0.5, 0.6) is 0 Å². The molecule has 5 heteroatoms. The van der Waals surface area contributed by atoms with Crippen molar-refractivity contribution in [2.24, 2.45) is 0 Å². The second kappa shape index (κ2) is 7.70. The van der Waals surface area contributed by atoms with Gasteiger partial charge in [0.25, 0.3) is 0 Å². The summed E-state index contributed by atoms with van der Waals surface area (Å²) in [5.41, 5.74) is 2.79. The van der Waals surface area contributed by atoms with Gasteiger partial charge in [-0.25, -0.2) is 4.98 Å². The molecule has 1 saturated heterocycles. The van der Waals surface area contributed by atoms with Crippen molar-refractivity contribution in [3.8, 4) is 0 Å². The Labute approximate surface area is 153 Å². The van der Waals surface area contributed by atoms with Gasteiger partial charge in [0.2, 0.25) is 5.91 Å². The zero-order valence-electron chi connectivity index (χ0n) is 14.7. The first-order chi connectivity index (χ1) is 12.8. The highest BCUT2D eigenvalue weighted by molar-refractivity contribution is 5.86. The van der Waals surface area contributed by atoms with Gasteiger partial charge in [0.15, 0.2) is 0 Å². The van der Waals surface area contributed by atoms with Crippen LogP contribution in [0.1, 0.15) is 30.9 Å². The summed E-state index contributed by atoms with van der Waals surface area (Å²) in [6.07, 6.45) is 5.09. The smallest absolute Gasteiger partial charge is 0.247 e. The van der Waals surface area contributed by atoms with Crippen LogP contribution in [0.2, 0.25) is 0 Å². The highest BCUT2D eigenvalue weighted by Gasteiger charge is 2.24. The molecule has 134 valence electrons. The third-order valence-electron chi connectivity index (χ3n) is 4.91. The Hall–Kier alpha value is -2.66. The number of carbonyl (C=O) groups is 1. The zero-order valence-corrected chi connectivity index (χ0v) is 14.7. The Morgan fingerprint density at radius 2 is 2.00 bits per heavy atom. The van der Waals surface area contributed by atoms with Crippen molar-refractivity contribution in [3.05, 3.63) is 66.5 Å². The van der Waals surface area contributed by atoms with Gasteiger partial charge in [-0.1, -0.05) is 42.5 Å². The van der Waals surface area contributed by atoms with E-state index < -0.39 is 6.04 Å². The lowest BCUT2D eigenvalue weighted by Crippen LogP contribution is -2.34. The lowest BCUT2D eigenvalue weighted by molar-refractivity contribution is -0.123. The van der Waals surface area contributed by atoms with Crippen LogP contribution in [0, 0.1) is 0 Å². The first-order valence-electron chi connectivity index (χ1n) is 9.19. The Kier molecular flexibility index (Phi) is 4.97. The van der Waals surface area contributed by atoms with Gasteiger partial charge in [0.05, 0.1) is 23.5 Å². The molecule has 0 bridgehead atoms. The summed E-state index contributed by atoms with van der Waals surface area (Å²) in [5.74, 6) is -0.0163. The molecule has 0 spiro atoms. The van der Waals surface area contributed by atoms with E-state index in [2.05, 4.69) is 10.3 Å². The van der Waals surface area contributed by atoms with Gasteiger partial charge in [-0.05, 0) is 37.0 Å². The number of benzene rings is 2. The topological polar surface area (TPSA) is 56.1 Å². The molecule has 1 amide bonds. The predicted octanol–water partition coefficient (Wildman–Crippen LogP) is 3.31. The Bertz CT molecular complexity index is 869. The van der Waals surface area contributed by atoms with Gasteiger partial charge in [-0.3, -0.25) is 4.79 Å². The first kappa shape index (κ1) is 16.8. The maximum absolute atomic E-state index is 13.1. The van der Waals surface area contributed by atoms with Crippen molar-refractivity contribution < 1.29 is 9.53 Å². The van der Waals surface area contributed by atoms with Gasteiger partial charge < -0.3 is 14.6 Å². The summed E-state index contributed by atoms with van der Waals surface area (Å²) >= 11 is 0. The summed E-state index contributed by atoms with van der Waals surface area (Å²) in [5, 5.41) is 3.09. The maximum atomic E-state index is 13.1. The highest BCUT2D eigenvalue weighted by atomic mass is 16.5. The average molecular weight is 349 g/mol. The molecular formula is C21H23N3O2. The fourth-order valence-corrected chi connectivity index (χ4v) is 3.58. The Balaban J connectivity index is 1.58. The largest absolute Gasteiger partial charge is 0.378 e. The number of aromatic nitrogens is 2. The van der Waals surface area contributed by atoms with Crippen LogP contribution in [0.25, 0.3) is 11.0 Å². The number of nitrogens with zero attached hydrogens (tertiary/aromatic N) is 2. The fourth-order valence-electron chi connectivity index (χ4n) is 3.58. The van der Waals surface area contributed by atoms with E-state index in [1.807, 2.05) is 59.2 Å². The summed E-state index contributed by atoms with van der Waals surface area (Å²) in [4.78, 5) is 17.5. The predicted molar refractivity (Wildman–Crippen MR) is 101 cm³/mol. The van der Waals surface area contributed by atoms with Crippen LogP contribution in [0.15, 0.2) is 60.9 Å². The highest BCUT2D eigenvalue weighted by Crippen LogP contribution is 2.24. The molecule has 1 aromatic heterocycles. The van der Waals surface area contributed by atoms with Crippen LogP contribution in [-0.4, -0.2) is 34.7 Å². The Morgan fingerprint density at radius 1 is 1.19 bits per heavy atom. The number of rotatable bonds is 6. The monoisotopic (exact) mass is 349 g/mol. The van der Waals surface area contributed by atoms with E-state index in [0.29, 0.717) is 6.54 Å². The normalized spacial score (nSPS) is 18.1. The average Bonchev–Trinajstić information content (AvgIpc) is 3.33. The maximum Gasteiger partial charge on any atom is 0.247 e. The van der Waals surface area contributed by atoms with E-state index >= 15 is 0 Å². The van der Waals surface area contributed by atoms with E-state index in [1.54, 1.807) is 6.33 Å². The number of fused-ring (bicyclic) bond motifs is 1. The molecule has 5 nitrogen and oxygen atoms in total. The molecule has 0 aliphatic carbocycles. The standard InChI is InChI=1S/C21H23N3O2/c25-21(22-13-12-17-9-6-14-26-17)20(16-7-2-1-3-8-16)24-15-23-18-10-4-5-11-19(18)24/h1-5,7-8,10-11,15,17,20H,6,9,12-14H2,(H,22,25)/t17-,20+/m0/s1. The second-order valence-corrected chi connectivity index (χ2v) is 6.67. The molecule has 1 aliphatic rings. The molecule has 0 unspecified atom stereocenters. The number of ether oxygens (including phenoxy) is 1. The molecule has 1 aliphatic heterocycles. The van der Waals surface area contributed by atoms with Gasteiger partial charge in [0, 0.05) is 13.2 Å². The van der Waals surface area contributed by atoms with Gasteiger partial charge >= 0.3 is 0 Å². The molecule has 1 N–H and O–H groups in total. The minimum absolute atomic E-state index is 0.0163. The fraction of sp³-hybridized carbons (Fsp3) is 0.333. The first-order valence-corrected chi connectivity index (χ1v) is 9.19. The zero-order chi connectivity index (χ0) is 17.8. The summed E-state index contributed by atoms with van der Waals surface area (Å²) < 4.78 is 7.59. The van der Waals surface area contributed by atoms with Crippen LogP contribution >= 0.6 is 0 Å². The SMILES string of the molecule is O=C(NCC[C@@H]1CCCO1)[C@@H](c1ccccc1)n1cnc2ccccc21. The molecular weight excluding hydrogens is 326 g/mol. The lowest BCUT2D eigenvalue weighted by Gasteiger charge is -2.20. The van der Waals surface area contributed by atoms with E-state index in [1.165, 1.54) is 0 Å². The molecule has 26 heavy (non-hydrogen) atoms. The molecule has 4 rings (SSSR count). The van der Waals surface area contributed by atoms with Crippen LogP contribution in [0.3, 0.4) is 0 Å². The third kappa shape index (κ3) is 3.48. The second-order valence-electron chi connectivity index (χ2n) is 6.67. The minimum atomic E-state index is -0.437. The molecule has 0 saturated carbocycles. The molecule has 2 heterocycles. The van der Waals surface area contributed by atoms with E-state index in [-0.39, 0.29) is 12.0 Å². The van der Waals surface area contributed by atoms with Crippen molar-refractivity contribution in [1.82, 2.24) is 14.9 Å². The van der Waals surface area contributed by atoms with Crippen LogP contribution in [0.4, 0.5) is 0 Å². The van der Waals surface area contributed by atoms with Crippen molar-refractivity contribution in [2.75, 3.05) is 13.2 Å². The molecule has 2 atom stereocenters. The van der Waals surface area contributed by atoms with Gasteiger partial charge in [-0.15, -0.1) is 0 Å². The lowest BCUT2D eigenvalue weighted by atomic mass is 10.1. The number of hydrogen-bond acceptors (Lipinski definition) is 3. The molecule has 2 aromatic carbocycles. The summed E-state index contributed by atoms with van der Waals surface area (Å²) in [7, 11) is 0. The third-order valence-corrected chi connectivity index (χ3v) is 4.91. The van der Waals surface area contributed by atoms with Crippen LogP contribution in [-0.2, 0) is 9.53 Å². The van der Waals surface area contributed by atoms with Crippen molar-refractivity contribution >= 4 is 16.9 Å². The summed E-state index contributed by atoms with van der Waals surface area (Å²) in [6, 6.07) is 17.3. The van der Waals surface area contributed by atoms with Gasteiger partial charge in [0.1, 0.15) is 6.04 Å². The number of hydrogen-bond donors (Lipinski definition) is 1. The molecule has 1 fully saturated rings. The quantitative estimate of drug-likeness (QED) is 0.743. The van der Waals surface area contributed by atoms with E-state index in [4.69, 9.17) is 4.74 Å². The number of imidazole rings is 1. The number of amides is 1. The Morgan fingerprint density at radius 3 is 2.81 bits per heavy atom. The van der Waals surface area contributed by atoms with Crippen molar-refractivity contribution in [1.29, 1.82) is 0 Å². The molecule has 3 aromatic rings.